The Morgan fingerprint density at radius 1 is 0.862 bits per heavy atom. The maximum Gasteiger partial charge on any atom is 0.340 e. The maximum atomic E-state index is 12.9. The molecule has 1 N–H and O–H groups in total. The molecular formula is C20H21NO8. The molecule has 0 atom stereocenters. The van der Waals surface area contributed by atoms with Crippen molar-refractivity contribution in [3.8, 4) is 28.7 Å². The zero-order valence-corrected chi connectivity index (χ0v) is 16.5. The van der Waals surface area contributed by atoms with Gasteiger partial charge in [-0.05, 0) is 12.1 Å². The number of carbonyl (C=O) groups is 2. The van der Waals surface area contributed by atoms with E-state index in [0.29, 0.717) is 42.0 Å². The molecule has 0 aliphatic carbocycles. The fourth-order valence-electron chi connectivity index (χ4n) is 2.88. The van der Waals surface area contributed by atoms with Crippen molar-refractivity contribution in [1.82, 2.24) is 0 Å². The van der Waals surface area contributed by atoms with E-state index < -0.39 is 11.9 Å². The monoisotopic (exact) mass is 403 g/mol. The predicted molar refractivity (Wildman–Crippen MR) is 103 cm³/mol. The Kier molecular flexibility index (Phi) is 5.96. The number of ether oxygens (including phenoxy) is 6. The fourth-order valence-corrected chi connectivity index (χ4v) is 2.88. The normalized spacial score (nSPS) is 12.0. The average molecular weight is 403 g/mol. The molecule has 1 amide bonds. The quantitative estimate of drug-likeness (QED) is 0.735. The predicted octanol–water partition coefficient (Wildman–Crippen LogP) is 2.52. The first kappa shape index (κ1) is 20.1. The molecule has 9 heteroatoms. The number of esters is 1. The van der Waals surface area contributed by atoms with Crippen LogP contribution >= 0.6 is 0 Å². The Labute approximate surface area is 167 Å². The van der Waals surface area contributed by atoms with Crippen molar-refractivity contribution in [3.63, 3.8) is 0 Å². The number of amides is 1. The number of hydrogen-bond acceptors (Lipinski definition) is 8. The third-order valence-electron chi connectivity index (χ3n) is 4.26. The van der Waals surface area contributed by atoms with Crippen LogP contribution in [0.3, 0.4) is 0 Å². The first-order chi connectivity index (χ1) is 14.0. The van der Waals surface area contributed by atoms with Gasteiger partial charge < -0.3 is 33.7 Å². The van der Waals surface area contributed by atoms with E-state index in [1.807, 2.05) is 0 Å². The second kappa shape index (κ2) is 8.59. The summed E-state index contributed by atoms with van der Waals surface area (Å²) in [6, 6.07) is 6.01. The molecule has 0 radical (unpaired) electrons. The molecule has 0 saturated heterocycles. The number of fused-ring (bicyclic) bond motifs is 1. The molecule has 2 aromatic rings. The summed E-state index contributed by atoms with van der Waals surface area (Å²) < 4.78 is 31.7. The first-order valence-corrected chi connectivity index (χ1v) is 8.65. The smallest absolute Gasteiger partial charge is 0.340 e. The summed E-state index contributed by atoms with van der Waals surface area (Å²) in [5.41, 5.74) is 0.600. The molecule has 0 bridgehead atoms. The van der Waals surface area contributed by atoms with Crippen molar-refractivity contribution in [2.24, 2.45) is 0 Å². The Morgan fingerprint density at radius 2 is 1.45 bits per heavy atom. The summed E-state index contributed by atoms with van der Waals surface area (Å²) in [4.78, 5) is 25.1. The second-order valence-electron chi connectivity index (χ2n) is 5.90. The second-order valence-corrected chi connectivity index (χ2v) is 5.90. The van der Waals surface area contributed by atoms with E-state index in [9.17, 15) is 9.59 Å². The van der Waals surface area contributed by atoms with Gasteiger partial charge in [0, 0.05) is 17.7 Å². The van der Waals surface area contributed by atoms with Crippen molar-refractivity contribution < 1.29 is 38.0 Å². The van der Waals surface area contributed by atoms with Crippen LogP contribution < -0.4 is 29.0 Å². The number of methoxy groups -OCH3 is 4. The summed E-state index contributed by atoms with van der Waals surface area (Å²) >= 11 is 0. The van der Waals surface area contributed by atoms with E-state index in [0.717, 1.165) is 0 Å². The van der Waals surface area contributed by atoms with E-state index in [1.54, 1.807) is 0 Å². The molecule has 154 valence electrons. The van der Waals surface area contributed by atoms with Gasteiger partial charge in [-0.25, -0.2) is 4.79 Å². The summed E-state index contributed by atoms with van der Waals surface area (Å²) in [6.45, 7) is 0.732. The lowest BCUT2D eigenvalue weighted by Gasteiger charge is -2.21. The van der Waals surface area contributed by atoms with Gasteiger partial charge in [0.2, 0.25) is 5.75 Å². The number of anilines is 1. The summed E-state index contributed by atoms with van der Waals surface area (Å²) in [7, 11) is 5.63. The van der Waals surface area contributed by atoms with Crippen LogP contribution in [-0.2, 0) is 4.74 Å². The largest absolute Gasteiger partial charge is 0.493 e. The third-order valence-corrected chi connectivity index (χ3v) is 4.26. The minimum Gasteiger partial charge on any atom is -0.493 e. The summed E-state index contributed by atoms with van der Waals surface area (Å²) in [6.07, 6.45) is 0. The minimum atomic E-state index is -0.623. The zero-order valence-electron chi connectivity index (χ0n) is 16.5. The SMILES string of the molecule is COC(=O)c1cc2c(cc1NC(=O)c1cc(OC)c(OC)c(OC)c1)OCCO2. The highest BCUT2D eigenvalue weighted by molar-refractivity contribution is 6.09. The minimum absolute atomic E-state index is 0.137. The Bertz CT molecular complexity index is 915. The van der Waals surface area contributed by atoms with Gasteiger partial charge in [0.15, 0.2) is 23.0 Å². The molecule has 0 aromatic heterocycles. The van der Waals surface area contributed by atoms with Crippen LogP contribution in [0.15, 0.2) is 24.3 Å². The van der Waals surface area contributed by atoms with Crippen molar-refractivity contribution in [1.29, 1.82) is 0 Å². The van der Waals surface area contributed by atoms with Crippen LogP contribution in [0.2, 0.25) is 0 Å². The number of nitrogens with one attached hydrogen (secondary N) is 1. The van der Waals surface area contributed by atoms with Gasteiger partial charge in [0.1, 0.15) is 13.2 Å². The van der Waals surface area contributed by atoms with Gasteiger partial charge in [-0.3, -0.25) is 4.79 Å². The lowest BCUT2D eigenvalue weighted by atomic mass is 10.1. The molecule has 1 aliphatic heterocycles. The lowest BCUT2D eigenvalue weighted by molar-refractivity contribution is 0.0601. The maximum absolute atomic E-state index is 12.9. The van der Waals surface area contributed by atoms with Crippen LogP contribution in [0.4, 0.5) is 5.69 Å². The average Bonchev–Trinajstić information content (AvgIpc) is 2.76. The van der Waals surface area contributed by atoms with Crippen molar-refractivity contribution in [2.75, 3.05) is 47.0 Å². The van der Waals surface area contributed by atoms with Crippen molar-refractivity contribution >= 4 is 17.6 Å². The highest BCUT2D eigenvalue weighted by Crippen LogP contribution is 2.39. The number of carbonyl (C=O) groups excluding carboxylic acids is 2. The molecule has 3 rings (SSSR count). The molecule has 1 heterocycles. The first-order valence-electron chi connectivity index (χ1n) is 8.65. The third kappa shape index (κ3) is 3.98. The van der Waals surface area contributed by atoms with E-state index >= 15 is 0 Å². The molecule has 0 unspecified atom stereocenters. The number of benzene rings is 2. The van der Waals surface area contributed by atoms with Crippen LogP contribution in [0.1, 0.15) is 20.7 Å². The van der Waals surface area contributed by atoms with Gasteiger partial charge in [-0.2, -0.15) is 0 Å². The molecule has 0 saturated carbocycles. The van der Waals surface area contributed by atoms with Crippen LogP contribution in [0, 0.1) is 0 Å². The van der Waals surface area contributed by atoms with Gasteiger partial charge >= 0.3 is 5.97 Å². The summed E-state index contributed by atoms with van der Waals surface area (Å²) in [5, 5.41) is 2.71. The van der Waals surface area contributed by atoms with E-state index in [1.165, 1.54) is 52.7 Å². The Morgan fingerprint density at radius 3 is 1.97 bits per heavy atom. The van der Waals surface area contributed by atoms with Crippen LogP contribution in [0.25, 0.3) is 0 Å². The molecule has 0 fully saturated rings. The van der Waals surface area contributed by atoms with Crippen LogP contribution in [-0.4, -0.2) is 53.5 Å². The number of rotatable bonds is 6. The standard InChI is InChI=1S/C20H21NO8/c1-24-16-7-11(8-17(25-2)18(16)26-3)19(22)21-13-10-15-14(28-5-6-29-15)9-12(13)20(23)27-4/h7-10H,5-6H2,1-4H3,(H,21,22). The van der Waals surface area contributed by atoms with E-state index in [2.05, 4.69) is 5.32 Å². The molecular weight excluding hydrogens is 382 g/mol. The molecule has 1 aliphatic rings. The topological polar surface area (TPSA) is 102 Å². The summed E-state index contributed by atoms with van der Waals surface area (Å²) in [5.74, 6) is 0.723. The number of hydrogen-bond donors (Lipinski definition) is 1. The van der Waals surface area contributed by atoms with Crippen molar-refractivity contribution in [2.45, 2.75) is 0 Å². The highest BCUT2D eigenvalue weighted by atomic mass is 16.6. The zero-order chi connectivity index (χ0) is 21.0. The molecule has 2 aromatic carbocycles. The van der Waals surface area contributed by atoms with Gasteiger partial charge in [-0.1, -0.05) is 0 Å². The highest BCUT2D eigenvalue weighted by Gasteiger charge is 2.23. The van der Waals surface area contributed by atoms with E-state index in [4.69, 9.17) is 28.4 Å². The molecule has 9 nitrogen and oxygen atoms in total. The lowest BCUT2D eigenvalue weighted by Crippen LogP contribution is -2.19. The molecule has 29 heavy (non-hydrogen) atoms. The Hall–Kier alpha value is -3.62. The van der Waals surface area contributed by atoms with Gasteiger partial charge in [0.25, 0.3) is 5.91 Å². The van der Waals surface area contributed by atoms with Crippen LogP contribution in [0.5, 0.6) is 28.7 Å². The van der Waals surface area contributed by atoms with Gasteiger partial charge in [0.05, 0.1) is 39.7 Å². The van der Waals surface area contributed by atoms with E-state index in [-0.39, 0.29) is 16.8 Å². The van der Waals surface area contributed by atoms with Gasteiger partial charge in [-0.15, -0.1) is 0 Å². The fraction of sp³-hybridized carbons (Fsp3) is 0.300. The van der Waals surface area contributed by atoms with Crippen molar-refractivity contribution in [3.05, 3.63) is 35.4 Å². The Balaban J connectivity index is 1.99. The molecule has 0 spiro atoms.